The van der Waals surface area contributed by atoms with Gasteiger partial charge in [0, 0.05) is 6.07 Å². The van der Waals surface area contributed by atoms with Crippen LogP contribution in [0.25, 0.3) is 0 Å². The Balaban J connectivity index is 1.53. The predicted molar refractivity (Wildman–Crippen MR) is 62.7 cm³/mol. The van der Waals surface area contributed by atoms with Gasteiger partial charge in [-0.15, -0.1) is 0 Å². The van der Waals surface area contributed by atoms with Crippen LogP contribution in [0.2, 0.25) is 0 Å². The van der Waals surface area contributed by atoms with E-state index in [1.807, 2.05) is 6.07 Å². The summed E-state index contributed by atoms with van der Waals surface area (Å²) in [6.45, 7) is 3.12. The molecule has 98 valence electrons. The van der Waals surface area contributed by atoms with Crippen molar-refractivity contribution < 1.29 is 24.1 Å². The molecule has 1 aromatic carbocycles. The topological polar surface area (TPSA) is 63.8 Å². The number of rotatable bonds is 7. The molecule has 2 fully saturated rings. The predicted octanol–water partition coefficient (Wildman–Crippen LogP) is 1.09. The van der Waals surface area contributed by atoms with Crippen LogP contribution < -0.4 is 4.74 Å². The van der Waals surface area contributed by atoms with Crippen LogP contribution in [0, 0.1) is 0 Å². The van der Waals surface area contributed by atoms with Gasteiger partial charge >= 0.3 is 0 Å². The highest BCUT2D eigenvalue weighted by molar-refractivity contribution is 5.37. The maximum absolute atomic E-state index is 9.60. The number of phenols is 1. The fourth-order valence-electron chi connectivity index (χ4n) is 1.64. The molecule has 2 aliphatic heterocycles. The first-order valence-corrected chi connectivity index (χ1v) is 6.06. The number of benzene rings is 1. The molecule has 3 rings (SSSR count). The maximum Gasteiger partial charge on any atom is 0.123 e. The van der Waals surface area contributed by atoms with Crippen molar-refractivity contribution in [2.45, 2.75) is 18.8 Å². The molecule has 1 aromatic rings. The zero-order valence-corrected chi connectivity index (χ0v) is 10.0. The molecule has 2 atom stereocenters. The molecular weight excluding hydrogens is 236 g/mol. The van der Waals surface area contributed by atoms with E-state index in [1.54, 1.807) is 12.1 Å². The summed E-state index contributed by atoms with van der Waals surface area (Å²) in [6, 6.07) is 5.14. The summed E-state index contributed by atoms with van der Waals surface area (Å²) in [4.78, 5) is 0. The monoisotopic (exact) mass is 252 g/mol. The van der Waals surface area contributed by atoms with Crippen molar-refractivity contribution in [2.75, 3.05) is 26.4 Å². The van der Waals surface area contributed by atoms with Crippen molar-refractivity contribution in [3.05, 3.63) is 23.8 Å². The molecule has 0 radical (unpaired) electrons. The quantitative estimate of drug-likeness (QED) is 0.736. The lowest BCUT2D eigenvalue weighted by Crippen LogP contribution is -2.05. The van der Waals surface area contributed by atoms with E-state index >= 15 is 0 Å². The Morgan fingerprint density at radius 2 is 1.83 bits per heavy atom. The van der Waals surface area contributed by atoms with Gasteiger partial charge in [0.2, 0.25) is 0 Å². The largest absolute Gasteiger partial charge is 0.508 e. The Morgan fingerprint density at radius 3 is 2.56 bits per heavy atom. The Hall–Kier alpha value is -1.30. The number of epoxide rings is 2. The summed E-state index contributed by atoms with van der Waals surface area (Å²) in [7, 11) is 0. The lowest BCUT2D eigenvalue weighted by molar-refractivity contribution is 0.104. The standard InChI is InChI=1S/C13H16O5/c14-10-1-9(4-15-5-12-6-17-12)2-11(3-10)16-7-13-8-18-13/h1-3,12-14H,4-8H2. The Labute approximate surface area is 105 Å². The van der Waals surface area contributed by atoms with E-state index in [2.05, 4.69) is 0 Å². The highest BCUT2D eigenvalue weighted by atomic mass is 16.6. The van der Waals surface area contributed by atoms with E-state index in [-0.39, 0.29) is 18.0 Å². The normalized spacial score (nSPS) is 24.9. The van der Waals surface area contributed by atoms with Crippen LogP contribution in [0.1, 0.15) is 5.56 Å². The highest BCUT2D eigenvalue weighted by Crippen LogP contribution is 2.24. The molecule has 0 aliphatic carbocycles. The van der Waals surface area contributed by atoms with Crippen molar-refractivity contribution in [3.8, 4) is 11.5 Å². The average molecular weight is 252 g/mol. The van der Waals surface area contributed by atoms with Crippen LogP contribution in [-0.4, -0.2) is 43.7 Å². The third-order valence-electron chi connectivity index (χ3n) is 2.76. The van der Waals surface area contributed by atoms with Crippen LogP contribution in [0.15, 0.2) is 18.2 Å². The van der Waals surface area contributed by atoms with Crippen LogP contribution in [-0.2, 0) is 20.8 Å². The molecule has 0 spiro atoms. The van der Waals surface area contributed by atoms with E-state index in [9.17, 15) is 5.11 Å². The van der Waals surface area contributed by atoms with Gasteiger partial charge in [-0.3, -0.25) is 0 Å². The lowest BCUT2D eigenvalue weighted by atomic mass is 10.2. The molecule has 2 saturated heterocycles. The van der Waals surface area contributed by atoms with Gasteiger partial charge in [-0.05, 0) is 17.7 Å². The molecule has 18 heavy (non-hydrogen) atoms. The molecule has 5 heteroatoms. The summed E-state index contributed by atoms with van der Waals surface area (Å²) in [6.07, 6.45) is 0.462. The molecule has 0 aromatic heterocycles. The summed E-state index contributed by atoms with van der Waals surface area (Å²) < 4.78 is 21.1. The van der Waals surface area contributed by atoms with Crippen LogP contribution in [0.5, 0.6) is 11.5 Å². The van der Waals surface area contributed by atoms with E-state index in [0.717, 1.165) is 18.8 Å². The lowest BCUT2D eigenvalue weighted by Gasteiger charge is -2.08. The molecule has 2 unspecified atom stereocenters. The Morgan fingerprint density at radius 1 is 1.11 bits per heavy atom. The second-order valence-electron chi connectivity index (χ2n) is 4.57. The minimum atomic E-state index is 0.186. The van der Waals surface area contributed by atoms with Gasteiger partial charge in [0.15, 0.2) is 0 Å². The molecule has 0 amide bonds. The molecule has 0 saturated carbocycles. The van der Waals surface area contributed by atoms with Gasteiger partial charge in [-0.2, -0.15) is 0 Å². The number of hydrogen-bond donors (Lipinski definition) is 1. The zero-order valence-electron chi connectivity index (χ0n) is 10.0. The van der Waals surface area contributed by atoms with Crippen molar-refractivity contribution in [3.63, 3.8) is 0 Å². The van der Waals surface area contributed by atoms with Gasteiger partial charge in [-0.25, -0.2) is 0 Å². The number of ether oxygens (including phenoxy) is 4. The third-order valence-corrected chi connectivity index (χ3v) is 2.76. The van der Waals surface area contributed by atoms with E-state index < -0.39 is 0 Å². The molecule has 5 nitrogen and oxygen atoms in total. The zero-order chi connectivity index (χ0) is 12.4. The van der Waals surface area contributed by atoms with Crippen LogP contribution in [0.3, 0.4) is 0 Å². The number of phenolic OH excluding ortho intramolecular Hbond substituents is 1. The summed E-state index contributed by atoms with van der Waals surface area (Å²) >= 11 is 0. The number of hydrogen-bond acceptors (Lipinski definition) is 5. The van der Waals surface area contributed by atoms with Gasteiger partial charge in [0.05, 0.1) is 26.4 Å². The van der Waals surface area contributed by atoms with Crippen molar-refractivity contribution in [2.24, 2.45) is 0 Å². The SMILES string of the molecule is Oc1cc(COCC2CO2)cc(OCC2CO2)c1. The fourth-order valence-corrected chi connectivity index (χ4v) is 1.64. The second-order valence-corrected chi connectivity index (χ2v) is 4.57. The minimum absolute atomic E-state index is 0.186. The van der Waals surface area contributed by atoms with E-state index in [4.69, 9.17) is 18.9 Å². The van der Waals surface area contributed by atoms with E-state index in [0.29, 0.717) is 25.6 Å². The maximum atomic E-state index is 9.60. The average Bonchev–Trinajstić information content (AvgIpc) is 3.21. The molecular formula is C13H16O5. The van der Waals surface area contributed by atoms with Crippen molar-refractivity contribution in [1.29, 1.82) is 0 Å². The Kier molecular flexibility index (Phi) is 3.36. The van der Waals surface area contributed by atoms with Gasteiger partial charge in [-0.1, -0.05) is 0 Å². The second kappa shape index (κ2) is 5.14. The van der Waals surface area contributed by atoms with Gasteiger partial charge in [0.1, 0.15) is 30.3 Å². The molecule has 1 N–H and O–H groups in total. The van der Waals surface area contributed by atoms with Gasteiger partial charge in [0.25, 0.3) is 0 Å². The van der Waals surface area contributed by atoms with Crippen LogP contribution in [0.4, 0.5) is 0 Å². The number of aromatic hydroxyl groups is 1. The first-order chi connectivity index (χ1) is 8.79. The Bertz CT molecular complexity index is 412. The summed E-state index contributed by atoms with van der Waals surface area (Å²) in [5.74, 6) is 0.831. The van der Waals surface area contributed by atoms with Crippen molar-refractivity contribution in [1.82, 2.24) is 0 Å². The first-order valence-electron chi connectivity index (χ1n) is 6.06. The summed E-state index contributed by atoms with van der Waals surface area (Å²) in [5.41, 5.74) is 0.891. The first kappa shape index (κ1) is 11.8. The summed E-state index contributed by atoms with van der Waals surface area (Å²) in [5, 5.41) is 9.60. The van der Waals surface area contributed by atoms with E-state index in [1.165, 1.54) is 0 Å². The minimum Gasteiger partial charge on any atom is -0.508 e. The fraction of sp³-hybridized carbons (Fsp3) is 0.538. The highest BCUT2D eigenvalue weighted by Gasteiger charge is 2.23. The molecule has 0 bridgehead atoms. The van der Waals surface area contributed by atoms with Crippen molar-refractivity contribution >= 4 is 0 Å². The van der Waals surface area contributed by atoms with Crippen LogP contribution >= 0.6 is 0 Å². The molecule has 2 heterocycles. The third kappa shape index (κ3) is 3.60. The molecule has 2 aliphatic rings. The van der Waals surface area contributed by atoms with Gasteiger partial charge < -0.3 is 24.1 Å². The smallest absolute Gasteiger partial charge is 0.123 e.